The maximum atomic E-state index is 12.2. The molecule has 1 aromatic rings. The second-order valence-electron chi connectivity index (χ2n) is 5.03. The second-order valence-corrected chi connectivity index (χ2v) is 7.55. The lowest BCUT2D eigenvalue weighted by atomic mass is 10.0. The van der Waals surface area contributed by atoms with Crippen molar-refractivity contribution in [3.8, 4) is 0 Å². The van der Waals surface area contributed by atoms with Gasteiger partial charge in [-0.3, -0.25) is 4.79 Å². The van der Waals surface area contributed by atoms with Crippen LogP contribution in [0.1, 0.15) is 6.42 Å². The van der Waals surface area contributed by atoms with Crippen LogP contribution in [0.5, 0.6) is 0 Å². The molecule has 1 saturated heterocycles. The summed E-state index contributed by atoms with van der Waals surface area (Å²) in [7, 11) is -3.85. The van der Waals surface area contributed by atoms with Crippen molar-refractivity contribution in [1.29, 1.82) is 0 Å². The molecule has 22 heavy (non-hydrogen) atoms. The van der Waals surface area contributed by atoms with E-state index >= 15 is 0 Å². The Labute approximate surface area is 139 Å². The van der Waals surface area contributed by atoms with Crippen LogP contribution in [0, 0.1) is 5.92 Å². The summed E-state index contributed by atoms with van der Waals surface area (Å²) in [6, 6.07) is 4.45. The Kier molecular flexibility index (Phi) is 6.05. The van der Waals surface area contributed by atoms with Crippen molar-refractivity contribution in [3.05, 3.63) is 28.2 Å². The summed E-state index contributed by atoms with van der Waals surface area (Å²) in [5, 5.41) is 5.96. The molecule has 6 nitrogen and oxygen atoms in total. The monoisotopic (exact) mass is 365 g/mol. The summed E-state index contributed by atoms with van der Waals surface area (Å²) in [5.74, 6) is 0.266. The van der Waals surface area contributed by atoms with E-state index in [0.717, 1.165) is 13.1 Å². The fraction of sp³-hybridized carbons (Fsp3) is 0.462. The average Bonchev–Trinajstić information content (AvgIpc) is 2.36. The van der Waals surface area contributed by atoms with E-state index in [0.29, 0.717) is 12.5 Å². The first kappa shape index (κ1) is 17.5. The lowest BCUT2D eigenvalue weighted by Crippen LogP contribution is -2.48. The third kappa shape index (κ3) is 4.57. The molecule has 1 aliphatic rings. The van der Waals surface area contributed by atoms with Gasteiger partial charge in [0, 0.05) is 38.5 Å². The Hall–Kier alpha value is -0.860. The van der Waals surface area contributed by atoms with E-state index in [4.69, 9.17) is 23.2 Å². The quantitative estimate of drug-likeness (QED) is 0.672. The molecule has 0 unspecified atom stereocenters. The number of rotatable bonds is 7. The van der Waals surface area contributed by atoms with Crippen LogP contribution >= 0.6 is 23.2 Å². The van der Waals surface area contributed by atoms with Gasteiger partial charge in [0.2, 0.25) is 15.9 Å². The Morgan fingerprint density at radius 1 is 1.27 bits per heavy atom. The molecular formula is C13H17Cl2N3O3S. The van der Waals surface area contributed by atoms with Gasteiger partial charge in [-0.1, -0.05) is 29.3 Å². The Morgan fingerprint density at radius 3 is 2.45 bits per heavy atom. The minimum absolute atomic E-state index is 0.0152. The minimum atomic E-state index is -3.85. The molecule has 122 valence electrons. The zero-order valence-electron chi connectivity index (χ0n) is 11.7. The number of amides is 1. The van der Waals surface area contributed by atoms with Gasteiger partial charge in [0.25, 0.3) is 0 Å². The third-order valence-electron chi connectivity index (χ3n) is 3.29. The molecule has 1 fully saturated rings. The largest absolute Gasteiger partial charge is 0.356 e. The molecule has 0 radical (unpaired) electrons. The molecule has 0 saturated carbocycles. The van der Waals surface area contributed by atoms with Gasteiger partial charge >= 0.3 is 0 Å². The lowest BCUT2D eigenvalue weighted by Gasteiger charge is -2.27. The van der Waals surface area contributed by atoms with Crippen molar-refractivity contribution in [1.82, 2.24) is 15.4 Å². The fourth-order valence-corrected chi connectivity index (χ4v) is 4.12. The lowest BCUT2D eigenvalue weighted by molar-refractivity contribution is -0.121. The van der Waals surface area contributed by atoms with Crippen LogP contribution in [0.2, 0.25) is 10.0 Å². The molecular weight excluding hydrogens is 349 g/mol. The molecule has 1 aliphatic heterocycles. The van der Waals surface area contributed by atoms with Gasteiger partial charge in [0.15, 0.2) is 0 Å². The van der Waals surface area contributed by atoms with Crippen LogP contribution in [-0.2, 0) is 14.8 Å². The van der Waals surface area contributed by atoms with Gasteiger partial charge in [0.1, 0.15) is 4.90 Å². The first-order valence-corrected chi connectivity index (χ1v) is 9.05. The van der Waals surface area contributed by atoms with Crippen molar-refractivity contribution in [3.63, 3.8) is 0 Å². The summed E-state index contributed by atoms with van der Waals surface area (Å²) in [5.41, 5.74) is 0. The van der Waals surface area contributed by atoms with Gasteiger partial charge in [-0.25, -0.2) is 13.1 Å². The Bertz CT molecular complexity index is 628. The molecule has 3 N–H and O–H groups in total. The predicted molar refractivity (Wildman–Crippen MR) is 85.6 cm³/mol. The predicted octanol–water partition coefficient (Wildman–Crippen LogP) is 0.997. The van der Waals surface area contributed by atoms with Crippen molar-refractivity contribution in [2.75, 3.05) is 26.2 Å². The van der Waals surface area contributed by atoms with E-state index in [1.165, 1.54) is 12.1 Å². The van der Waals surface area contributed by atoms with E-state index in [1.807, 2.05) is 0 Å². The molecule has 1 amide bonds. The van der Waals surface area contributed by atoms with Crippen molar-refractivity contribution < 1.29 is 13.2 Å². The van der Waals surface area contributed by atoms with Gasteiger partial charge < -0.3 is 10.6 Å². The minimum Gasteiger partial charge on any atom is -0.356 e. The molecule has 1 heterocycles. The average molecular weight is 366 g/mol. The maximum Gasteiger partial charge on any atom is 0.243 e. The highest BCUT2D eigenvalue weighted by Gasteiger charge is 2.21. The molecule has 0 aromatic heterocycles. The van der Waals surface area contributed by atoms with E-state index in [-0.39, 0.29) is 33.8 Å². The Balaban J connectivity index is 1.83. The number of carbonyl (C=O) groups is 1. The molecule has 0 atom stereocenters. The number of sulfonamides is 1. The number of hydrogen-bond acceptors (Lipinski definition) is 4. The fourth-order valence-electron chi connectivity index (χ4n) is 1.95. The highest BCUT2D eigenvalue weighted by atomic mass is 35.5. The summed E-state index contributed by atoms with van der Waals surface area (Å²) >= 11 is 11.7. The summed E-state index contributed by atoms with van der Waals surface area (Å²) in [6.45, 7) is 2.39. The smallest absolute Gasteiger partial charge is 0.243 e. The van der Waals surface area contributed by atoms with E-state index in [2.05, 4.69) is 15.4 Å². The van der Waals surface area contributed by atoms with Gasteiger partial charge in [-0.15, -0.1) is 0 Å². The number of benzene rings is 1. The number of halogens is 2. The second kappa shape index (κ2) is 7.61. The first-order valence-electron chi connectivity index (χ1n) is 6.81. The topological polar surface area (TPSA) is 87.3 Å². The van der Waals surface area contributed by atoms with Crippen molar-refractivity contribution in [2.24, 2.45) is 5.92 Å². The zero-order valence-corrected chi connectivity index (χ0v) is 14.1. The van der Waals surface area contributed by atoms with Crippen molar-refractivity contribution >= 4 is 39.1 Å². The van der Waals surface area contributed by atoms with Crippen LogP contribution in [0.3, 0.4) is 0 Å². The van der Waals surface area contributed by atoms with Crippen LogP contribution < -0.4 is 15.4 Å². The summed E-state index contributed by atoms with van der Waals surface area (Å²) in [4.78, 5) is 11.5. The number of hydrogen-bond donors (Lipinski definition) is 3. The molecule has 0 spiro atoms. The highest BCUT2D eigenvalue weighted by molar-refractivity contribution is 7.89. The zero-order chi connectivity index (χ0) is 16.2. The van der Waals surface area contributed by atoms with Gasteiger partial charge in [-0.05, 0) is 12.1 Å². The standard InChI is InChI=1S/C13H17Cl2N3O3S/c14-10-2-1-3-11(15)13(10)22(20,21)18-5-4-12(19)17-8-9-6-16-7-9/h1-3,9,16,18H,4-8H2,(H,17,19). The summed E-state index contributed by atoms with van der Waals surface area (Å²) < 4.78 is 26.6. The van der Waals surface area contributed by atoms with E-state index in [1.54, 1.807) is 6.07 Å². The van der Waals surface area contributed by atoms with Crippen LogP contribution in [-0.4, -0.2) is 40.5 Å². The third-order valence-corrected chi connectivity index (χ3v) is 5.70. The van der Waals surface area contributed by atoms with E-state index in [9.17, 15) is 13.2 Å². The normalized spacial score (nSPS) is 15.4. The van der Waals surface area contributed by atoms with E-state index < -0.39 is 10.0 Å². The van der Waals surface area contributed by atoms with Crippen LogP contribution in [0.25, 0.3) is 0 Å². The summed E-state index contributed by atoms with van der Waals surface area (Å²) in [6.07, 6.45) is 0.0570. The van der Waals surface area contributed by atoms with Crippen molar-refractivity contribution in [2.45, 2.75) is 11.3 Å². The molecule has 2 rings (SSSR count). The molecule has 0 bridgehead atoms. The van der Waals surface area contributed by atoms with Gasteiger partial charge in [-0.2, -0.15) is 0 Å². The van der Waals surface area contributed by atoms with Crippen LogP contribution in [0.4, 0.5) is 0 Å². The maximum absolute atomic E-state index is 12.2. The number of nitrogens with one attached hydrogen (secondary N) is 3. The van der Waals surface area contributed by atoms with Gasteiger partial charge in [0.05, 0.1) is 10.0 Å². The van der Waals surface area contributed by atoms with Crippen LogP contribution in [0.15, 0.2) is 23.1 Å². The SMILES string of the molecule is O=C(CCNS(=O)(=O)c1c(Cl)cccc1Cl)NCC1CNC1. The molecule has 0 aliphatic carbocycles. The first-order chi connectivity index (χ1) is 10.4. The molecule has 1 aromatic carbocycles. The highest BCUT2D eigenvalue weighted by Crippen LogP contribution is 2.28. The molecule has 9 heteroatoms. The Morgan fingerprint density at radius 2 is 1.91 bits per heavy atom. The number of carbonyl (C=O) groups excluding carboxylic acids is 1.